The van der Waals surface area contributed by atoms with Crippen molar-refractivity contribution in [3.05, 3.63) is 186 Å². The Morgan fingerprint density at radius 1 is 0.509 bits per heavy atom. The zero-order valence-corrected chi connectivity index (χ0v) is 28.9. The van der Waals surface area contributed by atoms with Gasteiger partial charge in [0.25, 0.3) is 0 Å². The first-order chi connectivity index (χ1) is 26.1. The van der Waals surface area contributed by atoms with E-state index >= 15 is 0 Å². The number of amidine groups is 1. The van der Waals surface area contributed by atoms with Crippen molar-refractivity contribution in [1.29, 1.82) is 0 Å². The quantitative estimate of drug-likeness (QED) is 0.181. The van der Waals surface area contributed by atoms with E-state index in [2.05, 4.69) is 140 Å². The van der Waals surface area contributed by atoms with Crippen LogP contribution >= 0.6 is 0 Å². The Kier molecular flexibility index (Phi) is 7.22. The van der Waals surface area contributed by atoms with E-state index in [9.17, 15) is 0 Å². The molecule has 1 aliphatic carbocycles. The van der Waals surface area contributed by atoms with Gasteiger partial charge in [-0.15, -0.1) is 0 Å². The molecule has 0 N–H and O–H groups in total. The molecular weight excluding hydrogens is 649 g/mol. The molecule has 6 heteroatoms. The summed E-state index contributed by atoms with van der Waals surface area (Å²) in [6, 6.07) is 51.8. The Labute approximate surface area is 307 Å². The average molecular weight is 681 g/mol. The molecule has 2 atom stereocenters. The molecular formula is C47H32N6. The Balaban J connectivity index is 1.15. The molecule has 8 aromatic rings. The predicted octanol–water partition coefficient (Wildman–Crippen LogP) is 10.6. The van der Waals surface area contributed by atoms with E-state index in [1.165, 1.54) is 10.8 Å². The molecule has 2 aliphatic rings. The summed E-state index contributed by atoms with van der Waals surface area (Å²) < 4.78 is 0. The van der Waals surface area contributed by atoms with Gasteiger partial charge in [0.2, 0.25) is 0 Å². The van der Waals surface area contributed by atoms with E-state index in [4.69, 9.17) is 29.9 Å². The lowest BCUT2D eigenvalue weighted by molar-refractivity contribution is 0.457. The van der Waals surface area contributed by atoms with E-state index in [-0.39, 0.29) is 6.04 Å². The number of aliphatic imine (C=N–C) groups is 2. The summed E-state index contributed by atoms with van der Waals surface area (Å²) >= 11 is 0. The average Bonchev–Trinajstić information content (AvgIpc) is 3.23. The first kappa shape index (κ1) is 30.9. The van der Waals surface area contributed by atoms with E-state index in [1.54, 1.807) is 0 Å². The van der Waals surface area contributed by atoms with E-state index in [0.29, 0.717) is 23.3 Å². The van der Waals surface area contributed by atoms with Crippen LogP contribution in [0.25, 0.3) is 61.8 Å². The van der Waals surface area contributed by atoms with Crippen molar-refractivity contribution >= 4 is 39.2 Å². The summed E-state index contributed by atoms with van der Waals surface area (Å²) in [4.78, 5) is 30.7. The van der Waals surface area contributed by atoms with E-state index in [0.717, 1.165) is 55.6 Å². The van der Waals surface area contributed by atoms with Crippen LogP contribution in [0, 0.1) is 5.41 Å². The highest BCUT2D eigenvalue weighted by Gasteiger charge is 2.44. The van der Waals surface area contributed by atoms with Gasteiger partial charge in [-0.25, -0.2) is 19.9 Å². The van der Waals surface area contributed by atoms with Gasteiger partial charge in [-0.2, -0.15) is 0 Å². The van der Waals surface area contributed by atoms with E-state index < -0.39 is 5.41 Å². The van der Waals surface area contributed by atoms with Crippen molar-refractivity contribution < 1.29 is 0 Å². The maximum absolute atomic E-state index is 5.32. The van der Waals surface area contributed by atoms with Crippen LogP contribution in [0.5, 0.6) is 0 Å². The SMILES string of the molecule is CC12C=Cc3ccc(-c4nc(-c5ccc6ccccc6c5)nc(-c5ccc6ccccc6c5)n4)cc3C1=NC(c1ccccc1)=NC2c1ccccn1. The van der Waals surface area contributed by atoms with Crippen molar-refractivity contribution in [2.24, 2.45) is 15.4 Å². The molecule has 0 fully saturated rings. The highest BCUT2D eigenvalue weighted by atomic mass is 15.0. The summed E-state index contributed by atoms with van der Waals surface area (Å²) in [7, 11) is 0. The van der Waals surface area contributed by atoms with Crippen molar-refractivity contribution in [2.75, 3.05) is 0 Å². The fourth-order valence-corrected chi connectivity index (χ4v) is 7.53. The minimum atomic E-state index is -0.538. The fourth-order valence-electron chi connectivity index (χ4n) is 7.53. The second kappa shape index (κ2) is 12.4. The van der Waals surface area contributed by atoms with Crippen LogP contribution in [0.2, 0.25) is 0 Å². The number of fused-ring (bicyclic) bond motifs is 5. The van der Waals surface area contributed by atoms with Crippen molar-refractivity contribution in [2.45, 2.75) is 13.0 Å². The molecule has 0 amide bonds. The zero-order valence-electron chi connectivity index (χ0n) is 28.9. The number of nitrogens with zero attached hydrogens (tertiary/aromatic N) is 6. The summed E-state index contributed by atoms with van der Waals surface area (Å²) in [5, 5.41) is 4.60. The Morgan fingerprint density at radius 3 is 1.70 bits per heavy atom. The molecule has 53 heavy (non-hydrogen) atoms. The zero-order chi connectivity index (χ0) is 35.4. The number of aromatic nitrogens is 4. The van der Waals surface area contributed by atoms with E-state index in [1.807, 2.05) is 36.5 Å². The third-order valence-corrected chi connectivity index (χ3v) is 10.4. The third kappa shape index (κ3) is 5.43. The van der Waals surface area contributed by atoms with Crippen LogP contribution < -0.4 is 0 Å². The summed E-state index contributed by atoms with van der Waals surface area (Å²) in [6.07, 6.45) is 6.25. The molecule has 1 aliphatic heterocycles. The molecule has 0 saturated heterocycles. The number of pyridine rings is 1. The molecule has 10 rings (SSSR count). The van der Waals surface area contributed by atoms with Crippen LogP contribution in [-0.4, -0.2) is 31.5 Å². The minimum Gasteiger partial charge on any atom is -0.259 e. The lowest BCUT2D eigenvalue weighted by atomic mass is 9.69. The molecule has 6 aromatic carbocycles. The predicted molar refractivity (Wildman–Crippen MR) is 215 cm³/mol. The van der Waals surface area contributed by atoms with Crippen LogP contribution in [0.15, 0.2) is 174 Å². The Morgan fingerprint density at radius 2 is 1.08 bits per heavy atom. The van der Waals surface area contributed by atoms with Crippen LogP contribution in [0.4, 0.5) is 0 Å². The first-order valence-electron chi connectivity index (χ1n) is 17.8. The molecule has 0 radical (unpaired) electrons. The molecule has 2 unspecified atom stereocenters. The summed E-state index contributed by atoms with van der Waals surface area (Å²) in [5.41, 5.74) is 7.13. The van der Waals surface area contributed by atoms with Gasteiger partial charge in [0.1, 0.15) is 6.04 Å². The largest absolute Gasteiger partial charge is 0.259 e. The number of hydrogen-bond acceptors (Lipinski definition) is 6. The van der Waals surface area contributed by atoms with Crippen molar-refractivity contribution in [3.8, 4) is 34.2 Å². The maximum atomic E-state index is 5.32. The highest BCUT2D eigenvalue weighted by Crippen LogP contribution is 2.47. The summed E-state index contributed by atoms with van der Waals surface area (Å²) in [6.45, 7) is 2.21. The van der Waals surface area contributed by atoms with Crippen LogP contribution in [-0.2, 0) is 0 Å². The van der Waals surface area contributed by atoms with Gasteiger partial charge in [0.05, 0.1) is 16.8 Å². The van der Waals surface area contributed by atoms with Gasteiger partial charge in [-0.1, -0.05) is 133 Å². The molecule has 6 nitrogen and oxygen atoms in total. The van der Waals surface area contributed by atoms with Gasteiger partial charge < -0.3 is 0 Å². The number of hydrogen-bond donors (Lipinski definition) is 0. The fraction of sp³-hybridized carbons (Fsp3) is 0.0638. The topological polar surface area (TPSA) is 76.3 Å². The molecule has 0 spiro atoms. The van der Waals surface area contributed by atoms with Crippen molar-refractivity contribution in [3.63, 3.8) is 0 Å². The highest BCUT2D eigenvalue weighted by molar-refractivity contribution is 6.19. The molecule has 0 bridgehead atoms. The van der Waals surface area contributed by atoms with Crippen LogP contribution in [0.1, 0.15) is 35.3 Å². The second-order valence-corrected chi connectivity index (χ2v) is 13.8. The van der Waals surface area contributed by atoms with Gasteiger partial charge in [-0.05, 0) is 64.4 Å². The molecule has 250 valence electrons. The molecule has 0 saturated carbocycles. The molecule has 2 aromatic heterocycles. The van der Waals surface area contributed by atoms with Crippen LogP contribution in [0.3, 0.4) is 0 Å². The van der Waals surface area contributed by atoms with Gasteiger partial charge in [0, 0.05) is 34.0 Å². The number of rotatable bonds is 5. The smallest absolute Gasteiger partial charge is 0.164 e. The lowest BCUT2D eigenvalue weighted by Gasteiger charge is -2.39. The van der Waals surface area contributed by atoms with Gasteiger partial charge in [-0.3, -0.25) is 9.98 Å². The Hall–Kier alpha value is -6.92. The third-order valence-electron chi connectivity index (χ3n) is 10.4. The van der Waals surface area contributed by atoms with Gasteiger partial charge >= 0.3 is 0 Å². The van der Waals surface area contributed by atoms with Crippen molar-refractivity contribution in [1.82, 2.24) is 19.9 Å². The second-order valence-electron chi connectivity index (χ2n) is 13.8. The Bertz CT molecular complexity index is 2710. The summed E-state index contributed by atoms with van der Waals surface area (Å²) in [5.74, 6) is 2.53. The lowest BCUT2D eigenvalue weighted by Crippen LogP contribution is -2.39. The van der Waals surface area contributed by atoms with Gasteiger partial charge in [0.15, 0.2) is 23.3 Å². The standard InChI is InChI=1S/C47H32N6/c1-47-25-24-32-20-23-38(29-39(32)41(47)49-43(33-13-3-2-4-14-33)50-42(47)40-17-9-10-26-48-40)46-52-44(36-21-18-30-11-5-7-15-34(30)27-36)51-45(53-46)37-22-19-31-12-6-8-16-35(31)28-37/h2-29,42H,1H3. The monoisotopic (exact) mass is 680 g/mol. The number of benzene rings is 6. The molecule has 3 heterocycles. The first-order valence-corrected chi connectivity index (χ1v) is 17.8. The normalized spacial score (nSPS) is 17.6. The maximum Gasteiger partial charge on any atom is 0.164 e. The minimum absolute atomic E-state index is 0.268.